The van der Waals surface area contributed by atoms with Gasteiger partial charge in [0, 0.05) is 17.8 Å². The molecule has 1 aliphatic rings. The van der Waals surface area contributed by atoms with Gasteiger partial charge in [0.2, 0.25) is 0 Å². The molecular weight excluding hydrogens is 344 g/mol. The Balaban J connectivity index is 1.56. The summed E-state index contributed by atoms with van der Waals surface area (Å²) in [4.78, 5) is 0. The number of anilines is 1. The number of benzene rings is 2. The molecule has 138 valence electrons. The Labute approximate surface area is 160 Å². The van der Waals surface area contributed by atoms with Gasteiger partial charge in [0.05, 0.1) is 0 Å². The number of hydrogen-bond acceptors (Lipinski definition) is 3. The Kier molecular flexibility index (Phi) is 5.67. The van der Waals surface area contributed by atoms with Crippen molar-refractivity contribution in [3.63, 3.8) is 0 Å². The van der Waals surface area contributed by atoms with Gasteiger partial charge in [-0.2, -0.15) is 0 Å². The smallest absolute Gasteiger partial charge is 0.170 e. The summed E-state index contributed by atoms with van der Waals surface area (Å²) < 4.78 is 11.2. The van der Waals surface area contributed by atoms with E-state index in [9.17, 15) is 0 Å². The number of fused-ring (bicyclic) bond motifs is 1. The summed E-state index contributed by atoms with van der Waals surface area (Å²) in [7, 11) is 0. The van der Waals surface area contributed by atoms with Crippen molar-refractivity contribution >= 4 is 23.0 Å². The molecule has 0 fully saturated rings. The summed E-state index contributed by atoms with van der Waals surface area (Å²) in [5, 5.41) is 7.23. The Bertz CT molecular complexity index is 762. The molecule has 0 saturated carbocycles. The summed E-state index contributed by atoms with van der Waals surface area (Å²) in [6.07, 6.45) is 0.972. The second-order valence-corrected chi connectivity index (χ2v) is 7.72. The van der Waals surface area contributed by atoms with E-state index in [1.807, 2.05) is 24.3 Å². The first-order valence-corrected chi connectivity index (χ1v) is 9.37. The maximum absolute atomic E-state index is 5.61. The van der Waals surface area contributed by atoms with Crippen LogP contribution in [0.4, 0.5) is 5.69 Å². The maximum Gasteiger partial charge on any atom is 0.170 e. The molecule has 4 nitrogen and oxygen atoms in total. The fraction of sp³-hybridized carbons (Fsp3) is 0.381. The molecule has 2 N–H and O–H groups in total. The average molecular weight is 371 g/mol. The number of nitrogens with one attached hydrogen (secondary N) is 2. The lowest BCUT2D eigenvalue weighted by Crippen LogP contribution is -2.39. The highest BCUT2D eigenvalue weighted by molar-refractivity contribution is 7.80. The van der Waals surface area contributed by atoms with Gasteiger partial charge in [-0.1, -0.05) is 44.2 Å². The molecule has 26 heavy (non-hydrogen) atoms. The second-order valence-electron chi connectivity index (χ2n) is 7.31. The SMILES string of the molecule is C[C@H](CC(C)(C)c1ccccc1)NC(=S)Nc1ccc2c(c1)OCCO2. The van der Waals surface area contributed by atoms with E-state index in [0.717, 1.165) is 23.6 Å². The fourth-order valence-electron chi connectivity index (χ4n) is 3.34. The minimum atomic E-state index is 0.0697. The molecule has 0 aliphatic carbocycles. The number of thiocarbonyl (C=S) groups is 1. The van der Waals surface area contributed by atoms with Crippen molar-refractivity contribution in [1.82, 2.24) is 5.32 Å². The maximum atomic E-state index is 5.61. The van der Waals surface area contributed by atoms with Crippen LogP contribution in [0.15, 0.2) is 48.5 Å². The molecular formula is C21H26N2O2S. The number of ether oxygens (including phenoxy) is 2. The summed E-state index contributed by atoms with van der Waals surface area (Å²) >= 11 is 5.48. The van der Waals surface area contributed by atoms with Gasteiger partial charge in [0.1, 0.15) is 13.2 Å². The van der Waals surface area contributed by atoms with Crippen LogP contribution in [-0.4, -0.2) is 24.4 Å². The van der Waals surface area contributed by atoms with Gasteiger partial charge in [0.25, 0.3) is 0 Å². The van der Waals surface area contributed by atoms with Gasteiger partial charge < -0.3 is 20.1 Å². The lowest BCUT2D eigenvalue weighted by Gasteiger charge is -2.29. The lowest BCUT2D eigenvalue weighted by atomic mass is 9.79. The molecule has 0 bridgehead atoms. The molecule has 1 heterocycles. The molecule has 0 amide bonds. The van der Waals surface area contributed by atoms with Crippen LogP contribution in [0.1, 0.15) is 32.8 Å². The third-order valence-electron chi connectivity index (χ3n) is 4.55. The van der Waals surface area contributed by atoms with E-state index in [-0.39, 0.29) is 11.5 Å². The molecule has 1 aliphatic heterocycles. The first kappa shape index (κ1) is 18.5. The van der Waals surface area contributed by atoms with E-state index in [1.165, 1.54) is 5.56 Å². The minimum Gasteiger partial charge on any atom is -0.486 e. The van der Waals surface area contributed by atoms with Crippen molar-refractivity contribution < 1.29 is 9.47 Å². The van der Waals surface area contributed by atoms with E-state index in [2.05, 4.69) is 55.7 Å². The topological polar surface area (TPSA) is 42.5 Å². The minimum absolute atomic E-state index is 0.0697. The van der Waals surface area contributed by atoms with E-state index in [0.29, 0.717) is 18.3 Å². The highest BCUT2D eigenvalue weighted by atomic mass is 32.1. The molecule has 0 unspecified atom stereocenters. The summed E-state index contributed by atoms with van der Waals surface area (Å²) in [5.41, 5.74) is 2.29. The first-order valence-electron chi connectivity index (χ1n) is 8.97. The van der Waals surface area contributed by atoms with Gasteiger partial charge in [-0.05, 0) is 48.7 Å². The van der Waals surface area contributed by atoms with Crippen molar-refractivity contribution in [1.29, 1.82) is 0 Å². The molecule has 0 aromatic heterocycles. The van der Waals surface area contributed by atoms with Crippen LogP contribution in [0.25, 0.3) is 0 Å². The van der Waals surface area contributed by atoms with Crippen LogP contribution in [0.5, 0.6) is 11.5 Å². The lowest BCUT2D eigenvalue weighted by molar-refractivity contribution is 0.171. The van der Waals surface area contributed by atoms with Gasteiger partial charge in [-0.15, -0.1) is 0 Å². The molecule has 0 spiro atoms. The van der Waals surface area contributed by atoms with Crippen LogP contribution in [-0.2, 0) is 5.41 Å². The molecule has 5 heteroatoms. The monoisotopic (exact) mass is 370 g/mol. The Morgan fingerprint density at radius 1 is 1.08 bits per heavy atom. The molecule has 0 saturated heterocycles. The summed E-state index contributed by atoms with van der Waals surface area (Å²) in [5.74, 6) is 1.53. The van der Waals surface area contributed by atoms with Crippen LogP contribution >= 0.6 is 12.2 Å². The first-order chi connectivity index (χ1) is 12.4. The van der Waals surface area contributed by atoms with Crippen molar-refractivity contribution in [2.45, 2.75) is 38.6 Å². The van der Waals surface area contributed by atoms with E-state index in [1.54, 1.807) is 0 Å². The molecule has 2 aromatic carbocycles. The Hall–Kier alpha value is -2.27. The van der Waals surface area contributed by atoms with E-state index >= 15 is 0 Å². The van der Waals surface area contributed by atoms with Crippen LogP contribution in [0, 0.1) is 0 Å². The third kappa shape index (κ3) is 4.67. The molecule has 0 radical (unpaired) electrons. The standard InChI is InChI=1S/C21H26N2O2S/c1-15(14-21(2,3)16-7-5-4-6-8-16)22-20(26)23-17-9-10-18-19(13-17)25-12-11-24-18/h4-10,13,15H,11-12,14H2,1-3H3,(H2,22,23,26)/t15-/m1/s1. The Morgan fingerprint density at radius 3 is 2.50 bits per heavy atom. The quantitative estimate of drug-likeness (QED) is 0.759. The molecule has 2 aromatic rings. The number of rotatable bonds is 5. The van der Waals surface area contributed by atoms with Crippen molar-refractivity contribution in [2.24, 2.45) is 0 Å². The van der Waals surface area contributed by atoms with Crippen molar-refractivity contribution in [2.75, 3.05) is 18.5 Å². The second kappa shape index (κ2) is 7.96. The predicted octanol–water partition coefficient (Wildman–Crippen LogP) is 4.50. The normalized spacial score (nSPS) is 14.4. The van der Waals surface area contributed by atoms with Crippen LogP contribution in [0.2, 0.25) is 0 Å². The van der Waals surface area contributed by atoms with E-state index in [4.69, 9.17) is 21.7 Å². The van der Waals surface area contributed by atoms with Crippen molar-refractivity contribution in [3.8, 4) is 11.5 Å². The zero-order chi connectivity index (χ0) is 18.6. The highest BCUT2D eigenvalue weighted by Crippen LogP contribution is 2.32. The van der Waals surface area contributed by atoms with Gasteiger partial charge in [-0.3, -0.25) is 0 Å². The Morgan fingerprint density at radius 2 is 1.77 bits per heavy atom. The third-order valence-corrected chi connectivity index (χ3v) is 4.77. The molecule has 1 atom stereocenters. The largest absolute Gasteiger partial charge is 0.486 e. The van der Waals surface area contributed by atoms with Gasteiger partial charge >= 0.3 is 0 Å². The zero-order valence-corrected chi connectivity index (χ0v) is 16.4. The van der Waals surface area contributed by atoms with Crippen LogP contribution in [0.3, 0.4) is 0 Å². The summed E-state index contributed by atoms with van der Waals surface area (Å²) in [6.45, 7) is 7.84. The zero-order valence-electron chi connectivity index (χ0n) is 15.5. The predicted molar refractivity (Wildman–Crippen MR) is 110 cm³/mol. The average Bonchev–Trinajstić information content (AvgIpc) is 2.61. The molecule has 3 rings (SSSR count). The summed E-state index contributed by atoms with van der Waals surface area (Å²) in [6, 6.07) is 16.6. The van der Waals surface area contributed by atoms with Crippen LogP contribution < -0.4 is 20.1 Å². The van der Waals surface area contributed by atoms with Gasteiger partial charge in [-0.25, -0.2) is 0 Å². The fourth-order valence-corrected chi connectivity index (χ4v) is 3.65. The van der Waals surface area contributed by atoms with Crippen molar-refractivity contribution in [3.05, 3.63) is 54.1 Å². The van der Waals surface area contributed by atoms with Gasteiger partial charge in [0.15, 0.2) is 16.6 Å². The highest BCUT2D eigenvalue weighted by Gasteiger charge is 2.23. The van der Waals surface area contributed by atoms with E-state index < -0.39 is 0 Å². The number of hydrogen-bond donors (Lipinski definition) is 2.